The van der Waals surface area contributed by atoms with Gasteiger partial charge in [0.05, 0.1) is 18.7 Å². The lowest BCUT2D eigenvalue weighted by molar-refractivity contribution is -0.118. The van der Waals surface area contributed by atoms with Gasteiger partial charge in [-0.1, -0.05) is 24.3 Å². The minimum atomic E-state index is -0.294. The molecule has 20 heavy (non-hydrogen) atoms. The number of carbonyl (C=O) groups excluding carboxylic acids is 1. The van der Waals surface area contributed by atoms with Crippen LogP contribution in [0.2, 0.25) is 0 Å². The Labute approximate surface area is 116 Å². The predicted molar refractivity (Wildman–Crippen MR) is 74.4 cm³/mol. The van der Waals surface area contributed by atoms with Crippen LogP contribution < -0.4 is 9.64 Å². The molecule has 0 atom stereocenters. The fourth-order valence-electron chi connectivity index (χ4n) is 2.30. The van der Waals surface area contributed by atoms with Crippen molar-refractivity contribution in [3.8, 4) is 5.75 Å². The number of nitrogens with zero attached hydrogens (tertiary/aromatic N) is 1. The number of rotatable bonds is 2. The van der Waals surface area contributed by atoms with E-state index < -0.39 is 0 Å². The molecule has 1 heterocycles. The molecular formula is C16H14FNO2. The van der Waals surface area contributed by atoms with Crippen molar-refractivity contribution in [2.75, 3.05) is 18.1 Å². The number of halogens is 1. The van der Waals surface area contributed by atoms with Gasteiger partial charge in [0.1, 0.15) is 18.2 Å². The Morgan fingerprint density at radius 3 is 2.70 bits per heavy atom. The highest BCUT2D eigenvalue weighted by Gasteiger charge is 2.23. The van der Waals surface area contributed by atoms with Crippen LogP contribution in [0, 0.1) is 5.82 Å². The average molecular weight is 271 g/mol. The Hall–Kier alpha value is -2.36. The molecule has 1 aliphatic rings. The van der Waals surface area contributed by atoms with Gasteiger partial charge < -0.3 is 9.64 Å². The summed E-state index contributed by atoms with van der Waals surface area (Å²) in [4.78, 5) is 14.1. The maximum absolute atomic E-state index is 12.9. The second-order valence-corrected chi connectivity index (χ2v) is 4.66. The molecule has 2 aromatic carbocycles. The molecule has 3 nitrogen and oxygen atoms in total. The average Bonchev–Trinajstić information content (AvgIpc) is 2.49. The Kier molecular flexibility index (Phi) is 3.37. The van der Waals surface area contributed by atoms with Gasteiger partial charge in [0.15, 0.2) is 0 Å². The maximum Gasteiger partial charge on any atom is 0.231 e. The SMILES string of the molecule is O=C(Cc1ccc(F)cc1)N1CCOc2ccccc21. The fourth-order valence-corrected chi connectivity index (χ4v) is 2.30. The quantitative estimate of drug-likeness (QED) is 0.840. The van der Waals surface area contributed by atoms with Gasteiger partial charge in [-0.3, -0.25) is 4.79 Å². The van der Waals surface area contributed by atoms with Crippen LogP contribution in [0.1, 0.15) is 5.56 Å². The van der Waals surface area contributed by atoms with Crippen molar-refractivity contribution in [3.05, 3.63) is 59.9 Å². The molecule has 0 saturated carbocycles. The van der Waals surface area contributed by atoms with Crippen molar-refractivity contribution >= 4 is 11.6 Å². The van der Waals surface area contributed by atoms with Crippen molar-refractivity contribution < 1.29 is 13.9 Å². The predicted octanol–water partition coefficient (Wildman–Crippen LogP) is 2.79. The first kappa shape index (κ1) is 12.7. The Morgan fingerprint density at radius 2 is 1.90 bits per heavy atom. The zero-order valence-electron chi connectivity index (χ0n) is 10.9. The summed E-state index contributed by atoms with van der Waals surface area (Å²) in [6.07, 6.45) is 0.259. The third-order valence-corrected chi connectivity index (χ3v) is 3.30. The number of anilines is 1. The van der Waals surface area contributed by atoms with Crippen LogP contribution >= 0.6 is 0 Å². The van der Waals surface area contributed by atoms with Gasteiger partial charge in [-0.25, -0.2) is 4.39 Å². The number of hydrogen-bond acceptors (Lipinski definition) is 2. The fraction of sp³-hybridized carbons (Fsp3) is 0.188. The van der Waals surface area contributed by atoms with Gasteiger partial charge in [-0.05, 0) is 29.8 Å². The largest absolute Gasteiger partial charge is 0.490 e. The number of hydrogen-bond donors (Lipinski definition) is 0. The van der Waals surface area contributed by atoms with Gasteiger partial charge in [0.25, 0.3) is 0 Å². The van der Waals surface area contributed by atoms with Crippen molar-refractivity contribution in [1.82, 2.24) is 0 Å². The van der Waals surface area contributed by atoms with Crippen LogP contribution in [0.15, 0.2) is 48.5 Å². The summed E-state index contributed by atoms with van der Waals surface area (Å²) in [5.74, 6) is 0.427. The van der Waals surface area contributed by atoms with Gasteiger partial charge in [-0.2, -0.15) is 0 Å². The number of fused-ring (bicyclic) bond motifs is 1. The van der Waals surface area contributed by atoms with E-state index in [4.69, 9.17) is 4.74 Å². The molecule has 0 radical (unpaired) electrons. The molecular weight excluding hydrogens is 257 g/mol. The molecule has 4 heteroatoms. The van der Waals surface area contributed by atoms with Crippen molar-refractivity contribution in [1.29, 1.82) is 0 Å². The summed E-state index contributed by atoms with van der Waals surface area (Å²) < 4.78 is 18.4. The molecule has 102 valence electrons. The number of ether oxygens (including phenoxy) is 1. The maximum atomic E-state index is 12.9. The van der Waals surface area contributed by atoms with Crippen LogP contribution in [-0.2, 0) is 11.2 Å². The minimum Gasteiger partial charge on any atom is -0.490 e. The first-order valence-corrected chi connectivity index (χ1v) is 6.51. The first-order chi connectivity index (χ1) is 9.74. The molecule has 0 unspecified atom stereocenters. The first-order valence-electron chi connectivity index (χ1n) is 6.51. The van der Waals surface area contributed by atoms with Gasteiger partial charge >= 0.3 is 0 Å². The van der Waals surface area contributed by atoms with Gasteiger partial charge in [-0.15, -0.1) is 0 Å². The monoisotopic (exact) mass is 271 g/mol. The summed E-state index contributed by atoms with van der Waals surface area (Å²) in [6.45, 7) is 1.03. The Balaban J connectivity index is 1.80. The number of carbonyl (C=O) groups is 1. The minimum absolute atomic E-state index is 0.00708. The molecule has 1 amide bonds. The normalized spacial score (nSPS) is 13.6. The molecule has 1 aliphatic heterocycles. The van der Waals surface area contributed by atoms with Gasteiger partial charge in [0.2, 0.25) is 5.91 Å². The smallest absolute Gasteiger partial charge is 0.231 e. The van der Waals surface area contributed by atoms with Crippen molar-refractivity contribution in [2.45, 2.75) is 6.42 Å². The molecule has 0 N–H and O–H groups in total. The second-order valence-electron chi connectivity index (χ2n) is 4.66. The summed E-state index contributed by atoms with van der Waals surface area (Å²) in [5.41, 5.74) is 1.60. The Bertz CT molecular complexity index is 625. The van der Waals surface area contributed by atoms with E-state index >= 15 is 0 Å². The molecule has 0 saturated heterocycles. The van der Waals surface area contributed by atoms with E-state index in [9.17, 15) is 9.18 Å². The molecule has 2 aromatic rings. The van der Waals surface area contributed by atoms with Crippen LogP contribution in [0.5, 0.6) is 5.75 Å². The lowest BCUT2D eigenvalue weighted by Gasteiger charge is -2.29. The van der Waals surface area contributed by atoms with E-state index in [1.54, 1.807) is 17.0 Å². The van der Waals surface area contributed by atoms with Crippen molar-refractivity contribution in [2.24, 2.45) is 0 Å². The summed E-state index contributed by atoms with van der Waals surface area (Å²) in [7, 11) is 0. The van der Waals surface area contributed by atoms with E-state index in [1.165, 1.54) is 12.1 Å². The van der Waals surface area contributed by atoms with E-state index in [2.05, 4.69) is 0 Å². The second kappa shape index (κ2) is 5.33. The summed E-state index contributed by atoms with van der Waals surface area (Å²) in [6, 6.07) is 13.5. The standard InChI is InChI=1S/C16H14FNO2/c17-13-7-5-12(6-8-13)11-16(19)18-9-10-20-15-4-2-1-3-14(15)18/h1-8H,9-11H2. The lowest BCUT2D eigenvalue weighted by Crippen LogP contribution is -2.38. The van der Waals surface area contributed by atoms with Crippen LogP contribution in [0.25, 0.3) is 0 Å². The molecule has 0 aliphatic carbocycles. The Morgan fingerprint density at radius 1 is 1.15 bits per heavy atom. The van der Waals surface area contributed by atoms with Crippen LogP contribution in [0.4, 0.5) is 10.1 Å². The number of benzene rings is 2. The van der Waals surface area contributed by atoms with E-state index in [1.807, 2.05) is 24.3 Å². The highest BCUT2D eigenvalue weighted by atomic mass is 19.1. The van der Waals surface area contributed by atoms with Gasteiger partial charge in [0, 0.05) is 0 Å². The topological polar surface area (TPSA) is 29.5 Å². The summed E-state index contributed by atoms with van der Waals surface area (Å²) >= 11 is 0. The zero-order valence-corrected chi connectivity index (χ0v) is 10.9. The van der Waals surface area contributed by atoms with E-state index in [-0.39, 0.29) is 18.1 Å². The zero-order chi connectivity index (χ0) is 13.9. The van der Waals surface area contributed by atoms with Crippen molar-refractivity contribution in [3.63, 3.8) is 0 Å². The molecule has 0 bridgehead atoms. The molecule has 0 fully saturated rings. The number of para-hydroxylation sites is 2. The van der Waals surface area contributed by atoms with E-state index in [0.29, 0.717) is 13.2 Å². The molecule has 0 spiro atoms. The molecule has 0 aromatic heterocycles. The summed E-state index contributed by atoms with van der Waals surface area (Å²) in [5, 5.41) is 0. The highest BCUT2D eigenvalue weighted by molar-refractivity contribution is 5.96. The number of amides is 1. The van der Waals surface area contributed by atoms with Crippen LogP contribution in [0.3, 0.4) is 0 Å². The van der Waals surface area contributed by atoms with E-state index in [0.717, 1.165) is 17.0 Å². The van der Waals surface area contributed by atoms with Crippen LogP contribution in [-0.4, -0.2) is 19.1 Å². The molecule has 3 rings (SSSR count). The lowest BCUT2D eigenvalue weighted by atomic mass is 10.1. The highest BCUT2D eigenvalue weighted by Crippen LogP contribution is 2.31. The third kappa shape index (κ3) is 2.50. The third-order valence-electron chi connectivity index (χ3n) is 3.30.